The van der Waals surface area contributed by atoms with Crippen LogP contribution in [0.1, 0.15) is 13.8 Å². The molecule has 1 heterocycles. The van der Waals surface area contributed by atoms with Gasteiger partial charge in [0.1, 0.15) is 0 Å². The van der Waals surface area contributed by atoms with Gasteiger partial charge in [-0.1, -0.05) is 13.8 Å². The van der Waals surface area contributed by atoms with E-state index in [2.05, 4.69) is 5.32 Å². The number of halogens is 1. The number of hydrogen-bond acceptors (Lipinski definition) is 2. The van der Waals surface area contributed by atoms with Gasteiger partial charge in [0.25, 0.3) is 0 Å². The van der Waals surface area contributed by atoms with Crippen molar-refractivity contribution in [3.63, 3.8) is 0 Å². The zero-order chi connectivity index (χ0) is 8.20. The summed E-state index contributed by atoms with van der Waals surface area (Å²) in [5, 5.41) is 10.6. The van der Waals surface area contributed by atoms with Crippen LogP contribution in [0.2, 0.25) is 0 Å². The Hall–Kier alpha value is -0.640. The fraction of sp³-hybridized carbons (Fsp3) is 0.833. The lowest BCUT2D eigenvalue weighted by Crippen LogP contribution is -2.61. The number of aliphatic carboxylic acids is 1. The number of carboxylic acid groups (broad SMARTS) is 1. The van der Waals surface area contributed by atoms with Crippen molar-refractivity contribution in [2.75, 3.05) is 13.1 Å². The summed E-state index contributed by atoms with van der Waals surface area (Å²) in [4.78, 5) is 9.89. The van der Waals surface area contributed by atoms with Gasteiger partial charge in [-0.25, -0.2) is 9.18 Å². The van der Waals surface area contributed by atoms with Gasteiger partial charge in [-0.05, 0) is 0 Å². The van der Waals surface area contributed by atoms with Crippen LogP contribution < -0.4 is 5.32 Å². The van der Waals surface area contributed by atoms with Gasteiger partial charge in [0.2, 0.25) is 5.67 Å². The average Bonchev–Trinajstić information content (AvgIpc) is 1.87. The van der Waals surface area contributed by atoms with Crippen molar-refractivity contribution >= 4 is 5.97 Å². The number of alkyl halides is 1. The first-order valence-electron chi connectivity index (χ1n) is 3.28. The van der Waals surface area contributed by atoms with Crippen molar-refractivity contribution in [3.05, 3.63) is 0 Å². The average molecular weight is 149 g/mol. The van der Waals surface area contributed by atoms with Gasteiger partial charge >= 0.3 is 5.97 Å². The maximum absolute atomic E-state index is 12.4. The number of rotatable bonds is 1. The summed E-state index contributed by atoms with van der Waals surface area (Å²) >= 11 is 0. The van der Waals surface area contributed by atoms with Gasteiger partial charge in [-0.2, -0.15) is 0 Å². The highest BCUT2D eigenvalue weighted by Gasteiger charge is 2.44. The van der Waals surface area contributed by atoms with Gasteiger partial charge < -0.3 is 10.4 Å². The summed E-state index contributed by atoms with van der Waals surface area (Å²) in [5.74, 6) is -1.36. The molecule has 0 radical (unpaired) electrons. The minimum atomic E-state index is -1.97. The Morgan fingerprint density at radius 2 is 2.00 bits per heavy atom. The van der Waals surface area contributed by atoms with E-state index in [9.17, 15) is 9.18 Å². The third-order valence-electron chi connectivity index (χ3n) is 1.19. The first-order chi connectivity index (χ1) is 4.65. The summed E-state index contributed by atoms with van der Waals surface area (Å²) < 4.78 is 12.4. The normalized spacial score (nSPS) is 19.9. The SMILES string of the molecule is CC.O=C(O)C1(F)CNC1. The van der Waals surface area contributed by atoms with Crippen molar-refractivity contribution in [1.82, 2.24) is 5.32 Å². The summed E-state index contributed by atoms with van der Waals surface area (Å²) in [5.41, 5.74) is -1.97. The highest BCUT2D eigenvalue weighted by molar-refractivity contribution is 5.79. The molecule has 0 atom stereocenters. The minimum absolute atomic E-state index is 0.0532. The van der Waals surface area contributed by atoms with Crippen LogP contribution in [0.15, 0.2) is 0 Å². The van der Waals surface area contributed by atoms with Crippen molar-refractivity contribution in [2.24, 2.45) is 0 Å². The van der Waals surface area contributed by atoms with Crippen molar-refractivity contribution in [3.8, 4) is 0 Å². The van der Waals surface area contributed by atoms with Crippen LogP contribution in [-0.2, 0) is 4.79 Å². The van der Waals surface area contributed by atoms with E-state index in [-0.39, 0.29) is 13.1 Å². The second kappa shape index (κ2) is 3.51. The predicted molar refractivity (Wildman–Crippen MR) is 35.7 cm³/mol. The molecular formula is C6H12FNO2. The zero-order valence-electron chi connectivity index (χ0n) is 6.15. The Kier molecular flexibility index (Phi) is 3.28. The van der Waals surface area contributed by atoms with Crippen LogP contribution in [0.5, 0.6) is 0 Å². The van der Waals surface area contributed by atoms with E-state index >= 15 is 0 Å². The van der Waals surface area contributed by atoms with E-state index in [1.54, 1.807) is 0 Å². The molecular weight excluding hydrogens is 137 g/mol. The molecule has 0 spiro atoms. The summed E-state index contributed by atoms with van der Waals surface area (Å²) in [6.45, 7) is 3.89. The number of hydrogen-bond donors (Lipinski definition) is 2. The highest BCUT2D eigenvalue weighted by atomic mass is 19.1. The third kappa shape index (κ3) is 1.67. The lowest BCUT2D eigenvalue weighted by atomic mass is 10.0. The van der Waals surface area contributed by atoms with E-state index in [4.69, 9.17) is 5.11 Å². The standard InChI is InChI=1S/C4H6FNO2.C2H6/c5-4(3(7)8)1-6-2-4;1-2/h6H,1-2H2,(H,7,8);1-2H3. The van der Waals surface area contributed by atoms with E-state index in [1.165, 1.54) is 0 Å². The molecule has 2 N–H and O–H groups in total. The Labute approximate surface area is 59.2 Å². The predicted octanol–water partition coefficient (Wildman–Crippen LogP) is 0.409. The molecule has 1 aliphatic heterocycles. The molecule has 1 saturated heterocycles. The number of nitrogens with one attached hydrogen (secondary N) is 1. The van der Waals surface area contributed by atoms with Gasteiger partial charge in [0.15, 0.2) is 0 Å². The molecule has 0 aromatic heterocycles. The molecule has 1 aliphatic rings. The van der Waals surface area contributed by atoms with Gasteiger partial charge in [0, 0.05) is 13.1 Å². The van der Waals surface area contributed by atoms with E-state index < -0.39 is 11.6 Å². The molecule has 0 bridgehead atoms. The Morgan fingerprint density at radius 3 is 2.00 bits per heavy atom. The van der Waals surface area contributed by atoms with Gasteiger partial charge in [-0.3, -0.25) is 0 Å². The van der Waals surface area contributed by atoms with Crippen LogP contribution >= 0.6 is 0 Å². The van der Waals surface area contributed by atoms with Crippen molar-refractivity contribution < 1.29 is 14.3 Å². The quantitative estimate of drug-likeness (QED) is 0.567. The van der Waals surface area contributed by atoms with Crippen molar-refractivity contribution in [2.45, 2.75) is 19.5 Å². The largest absolute Gasteiger partial charge is 0.479 e. The van der Waals surface area contributed by atoms with E-state index in [0.29, 0.717) is 0 Å². The molecule has 0 aliphatic carbocycles. The first-order valence-corrected chi connectivity index (χ1v) is 3.28. The van der Waals surface area contributed by atoms with Gasteiger partial charge in [0.05, 0.1) is 0 Å². The van der Waals surface area contributed by atoms with Crippen molar-refractivity contribution in [1.29, 1.82) is 0 Å². The molecule has 3 nitrogen and oxygen atoms in total. The maximum atomic E-state index is 12.4. The van der Waals surface area contributed by atoms with E-state index in [1.807, 2.05) is 13.8 Å². The molecule has 10 heavy (non-hydrogen) atoms. The summed E-state index contributed by atoms with van der Waals surface area (Å²) in [7, 11) is 0. The topological polar surface area (TPSA) is 49.3 Å². The molecule has 0 aromatic rings. The van der Waals surface area contributed by atoms with Gasteiger partial charge in [-0.15, -0.1) is 0 Å². The number of carboxylic acids is 1. The molecule has 1 rings (SSSR count). The molecule has 0 saturated carbocycles. The van der Waals surface area contributed by atoms with Crippen LogP contribution in [0.3, 0.4) is 0 Å². The Bertz CT molecular complexity index is 123. The highest BCUT2D eigenvalue weighted by Crippen LogP contribution is 2.15. The first kappa shape index (κ1) is 9.36. The molecule has 0 unspecified atom stereocenters. The van der Waals surface area contributed by atoms with Crippen LogP contribution in [0.4, 0.5) is 4.39 Å². The summed E-state index contributed by atoms with van der Waals surface area (Å²) in [6, 6.07) is 0. The molecule has 0 amide bonds. The van der Waals surface area contributed by atoms with Crippen LogP contribution in [0, 0.1) is 0 Å². The smallest absolute Gasteiger partial charge is 0.344 e. The third-order valence-corrected chi connectivity index (χ3v) is 1.19. The van der Waals surface area contributed by atoms with E-state index in [0.717, 1.165) is 0 Å². The second-order valence-corrected chi connectivity index (χ2v) is 1.87. The zero-order valence-corrected chi connectivity index (χ0v) is 6.15. The fourth-order valence-electron chi connectivity index (χ4n) is 0.496. The Balaban J connectivity index is 0.000000371. The Morgan fingerprint density at radius 1 is 1.60 bits per heavy atom. The lowest BCUT2D eigenvalue weighted by Gasteiger charge is -2.29. The lowest BCUT2D eigenvalue weighted by molar-refractivity contribution is -0.154. The molecule has 60 valence electrons. The molecule has 1 fully saturated rings. The minimum Gasteiger partial charge on any atom is -0.479 e. The van der Waals surface area contributed by atoms with Crippen LogP contribution in [0.25, 0.3) is 0 Å². The fourth-order valence-corrected chi connectivity index (χ4v) is 0.496. The molecule has 0 aromatic carbocycles. The molecule has 4 heteroatoms. The summed E-state index contributed by atoms with van der Waals surface area (Å²) in [6.07, 6.45) is 0. The number of carbonyl (C=O) groups is 1. The second-order valence-electron chi connectivity index (χ2n) is 1.87. The van der Waals surface area contributed by atoms with Crippen LogP contribution in [-0.4, -0.2) is 29.8 Å². The maximum Gasteiger partial charge on any atom is 0.344 e. The monoisotopic (exact) mass is 149 g/mol.